The van der Waals surface area contributed by atoms with Crippen LogP contribution in [0.5, 0.6) is 0 Å². The van der Waals surface area contributed by atoms with Gasteiger partial charge in [-0.1, -0.05) is 192 Å². The zero-order chi connectivity index (χ0) is 44.8. The van der Waals surface area contributed by atoms with Crippen molar-refractivity contribution in [1.29, 1.82) is 0 Å². The number of aliphatic hydroxyl groups excluding tert-OH is 4. The third-order valence-electron chi connectivity index (χ3n) is 11.7. The largest absolute Gasteiger partial charge is 0.397 e. The van der Waals surface area contributed by atoms with Gasteiger partial charge in [-0.2, -0.15) is 8.42 Å². The average Bonchev–Trinajstić information content (AvgIpc) is 3.23. The van der Waals surface area contributed by atoms with Crippen molar-refractivity contribution in [2.75, 3.05) is 13.2 Å². The van der Waals surface area contributed by atoms with Crippen LogP contribution < -0.4 is 5.32 Å². The molecule has 6 N–H and O–H groups in total. The summed E-state index contributed by atoms with van der Waals surface area (Å²) < 4.78 is 47.6. The molecule has 0 spiro atoms. The molecule has 360 valence electrons. The summed E-state index contributed by atoms with van der Waals surface area (Å²) in [4.78, 5) is 13.0. The SMILES string of the molecule is CCCCCCCC/C=C\CCCCCCCCCCCCCC(=O)NC(COC1OC(CO)C(O)C(OS(=O)(=O)O)C1O)[C@H](O)/C=C/CCCCCCCCCCCCC. The van der Waals surface area contributed by atoms with Crippen molar-refractivity contribution in [2.45, 2.75) is 262 Å². The van der Waals surface area contributed by atoms with Gasteiger partial charge in [0.05, 0.1) is 25.4 Å². The smallest absolute Gasteiger partial charge is 0.394 e. The zero-order valence-corrected chi connectivity index (χ0v) is 39.3. The van der Waals surface area contributed by atoms with Gasteiger partial charge in [0.15, 0.2) is 6.29 Å². The van der Waals surface area contributed by atoms with E-state index in [4.69, 9.17) is 9.47 Å². The first-order chi connectivity index (χ1) is 29.5. The summed E-state index contributed by atoms with van der Waals surface area (Å²) in [6.07, 6.45) is 36.4. The fourth-order valence-corrected chi connectivity index (χ4v) is 8.37. The number of rotatable bonds is 42. The van der Waals surface area contributed by atoms with Gasteiger partial charge in [0.25, 0.3) is 0 Å². The lowest BCUT2D eigenvalue weighted by atomic mass is 9.99. The second-order valence-electron chi connectivity index (χ2n) is 17.4. The summed E-state index contributed by atoms with van der Waals surface area (Å²) >= 11 is 0. The van der Waals surface area contributed by atoms with E-state index in [1.54, 1.807) is 6.08 Å². The number of allylic oxidation sites excluding steroid dienone is 3. The molecule has 12 nitrogen and oxygen atoms in total. The van der Waals surface area contributed by atoms with Gasteiger partial charge in [0, 0.05) is 6.42 Å². The summed E-state index contributed by atoms with van der Waals surface area (Å²) in [5, 5.41) is 44.7. The Kier molecular flexibility index (Phi) is 36.8. The quantitative estimate of drug-likeness (QED) is 0.0194. The predicted octanol–water partition coefficient (Wildman–Crippen LogP) is 10.1. The first kappa shape index (κ1) is 57.6. The Labute approximate surface area is 372 Å². The van der Waals surface area contributed by atoms with Gasteiger partial charge in [0.2, 0.25) is 5.91 Å². The van der Waals surface area contributed by atoms with Crippen molar-refractivity contribution in [3.63, 3.8) is 0 Å². The molecular formula is C48H91NO11S. The number of unbranched alkanes of at least 4 members (excludes halogenated alkanes) is 28. The molecule has 0 bridgehead atoms. The average molecular weight is 890 g/mol. The molecule has 1 rings (SSSR count). The number of ether oxygens (including phenoxy) is 2. The van der Waals surface area contributed by atoms with Gasteiger partial charge in [-0.3, -0.25) is 9.35 Å². The molecular weight excluding hydrogens is 799 g/mol. The second kappa shape index (κ2) is 39.0. The number of hydrogen-bond donors (Lipinski definition) is 6. The van der Waals surface area contributed by atoms with E-state index in [1.807, 2.05) is 6.08 Å². The van der Waals surface area contributed by atoms with E-state index in [1.165, 1.54) is 154 Å². The molecule has 6 unspecified atom stereocenters. The van der Waals surface area contributed by atoms with Crippen molar-refractivity contribution in [3.8, 4) is 0 Å². The first-order valence-corrected chi connectivity index (χ1v) is 26.1. The molecule has 1 fully saturated rings. The molecule has 0 aromatic carbocycles. The molecule has 1 saturated heterocycles. The molecule has 0 saturated carbocycles. The lowest BCUT2D eigenvalue weighted by molar-refractivity contribution is -0.298. The fraction of sp³-hybridized carbons (Fsp3) is 0.896. The van der Waals surface area contributed by atoms with Crippen LogP contribution in [0.25, 0.3) is 0 Å². The van der Waals surface area contributed by atoms with Crippen LogP contribution in [0.1, 0.15) is 219 Å². The maximum Gasteiger partial charge on any atom is 0.397 e. The topological polar surface area (TPSA) is 192 Å². The van der Waals surface area contributed by atoms with E-state index < -0.39 is 59.9 Å². The minimum absolute atomic E-state index is 0.263. The minimum Gasteiger partial charge on any atom is -0.394 e. The van der Waals surface area contributed by atoms with E-state index in [9.17, 15) is 38.2 Å². The van der Waals surface area contributed by atoms with Crippen LogP contribution in [0, 0.1) is 0 Å². The highest BCUT2D eigenvalue weighted by Gasteiger charge is 2.48. The molecule has 0 aromatic heterocycles. The molecule has 7 atom stereocenters. The molecule has 0 radical (unpaired) electrons. The van der Waals surface area contributed by atoms with Gasteiger partial charge < -0.3 is 35.2 Å². The molecule has 1 aliphatic rings. The van der Waals surface area contributed by atoms with Gasteiger partial charge in [-0.15, -0.1) is 0 Å². The van der Waals surface area contributed by atoms with E-state index >= 15 is 0 Å². The Balaban J connectivity index is 2.44. The fourth-order valence-electron chi connectivity index (χ4n) is 7.86. The van der Waals surface area contributed by atoms with Gasteiger partial charge in [-0.25, -0.2) is 4.18 Å². The summed E-state index contributed by atoms with van der Waals surface area (Å²) in [7, 11) is -5.08. The zero-order valence-electron chi connectivity index (χ0n) is 38.5. The van der Waals surface area contributed by atoms with Crippen LogP contribution in [0.3, 0.4) is 0 Å². The highest BCUT2D eigenvalue weighted by molar-refractivity contribution is 7.80. The number of aliphatic hydroxyl groups is 4. The Morgan fingerprint density at radius 3 is 1.48 bits per heavy atom. The predicted molar refractivity (Wildman–Crippen MR) is 245 cm³/mol. The number of amides is 1. The highest BCUT2D eigenvalue weighted by atomic mass is 32.3. The number of nitrogens with one attached hydrogen (secondary N) is 1. The van der Waals surface area contributed by atoms with Gasteiger partial charge in [-0.05, 0) is 44.9 Å². The van der Waals surface area contributed by atoms with Crippen LogP contribution in [0.15, 0.2) is 24.3 Å². The molecule has 1 amide bonds. The lowest BCUT2D eigenvalue weighted by Crippen LogP contribution is -2.61. The molecule has 13 heteroatoms. The van der Waals surface area contributed by atoms with Crippen molar-refractivity contribution >= 4 is 16.3 Å². The molecule has 61 heavy (non-hydrogen) atoms. The van der Waals surface area contributed by atoms with E-state index in [2.05, 4.69) is 35.5 Å². The monoisotopic (exact) mass is 890 g/mol. The molecule has 0 aromatic rings. The van der Waals surface area contributed by atoms with Crippen LogP contribution in [-0.2, 0) is 28.9 Å². The number of carbonyl (C=O) groups is 1. The molecule has 1 heterocycles. The third kappa shape index (κ3) is 32.0. The van der Waals surface area contributed by atoms with Crippen LogP contribution in [0.4, 0.5) is 0 Å². The van der Waals surface area contributed by atoms with E-state index in [-0.39, 0.29) is 18.9 Å². The summed E-state index contributed by atoms with van der Waals surface area (Å²) in [5.74, 6) is -0.263. The number of carbonyl (C=O) groups excluding carboxylic acids is 1. The third-order valence-corrected chi connectivity index (χ3v) is 12.2. The van der Waals surface area contributed by atoms with Gasteiger partial charge >= 0.3 is 10.4 Å². The highest BCUT2D eigenvalue weighted by Crippen LogP contribution is 2.26. The van der Waals surface area contributed by atoms with E-state index in [0.29, 0.717) is 6.42 Å². The van der Waals surface area contributed by atoms with Crippen LogP contribution in [-0.4, -0.2) is 95.4 Å². The summed E-state index contributed by atoms with van der Waals surface area (Å²) in [6.45, 7) is 3.38. The van der Waals surface area contributed by atoms with Crippen molar-refractivity contribution in [1.82, 2.24) is 5.32 Å². The van der Waals surface area contributed by atoms with Crippen molar-refractivity contribution in [3.05, 3.63) is 24.3 Å². The second-order valence-corrected chi connectivity index (χ2v) is 18.4. The molecule has 0 aliphatic carbocycles. The first-order valence-electron chi connectivity index (χ1n) is 24.7. The molecule has 1 aliphatic heterocycles. The van der Waals surface area contributed by atoms with Crippen molar-refractivity contribution < 1.29 is 51.8 Å². The van der Waals surface area contributed by atoms with Crippen LogP contribution in [0.2, 0.25) is 0 Å². The lowest BCUT2D eigenvalue weighted by Gasteiger charge is -2.41. The van der Waals surface area contributed by atoms with Crippen molar-refractivity contribution in [2.24, 2.45) is 0 Å². The Morgan fingerprint density at radius 2 is 1.05 bits per heavy atom. The normalized spacial score (nSPS) is 20.8. The van der Waals surface area contributed by atoms with Crippen LogP contribution >= 0.6 is 0 Å². The van der Waals surface area contributed by atoms with Gasteiger partial charge in [0.1, 0.15) is 24.4 Å². The Hall–Kier alpha value is -1.42. The Morgan fingerprint density at radius 1 is 0.639 bits per heavy atom. The minimum atomic E-state index is -5.08. The standard InChI is InChI=1S/C48H91NO11S/c1-3-5-7-9-11-13-15-17-18-19-20-21-22-23-24-26-28-30-32-34-36-38-44(52)49-41(42(51)37-35-33-31-29-27-25-16-14-12-10-8-6-4-2)40-58-48-46(54)47(60-61(55,56)57)45(53)43(39-50)59-48/h17-18,35,37,41-43,45-48,50-51,53-54H,3-16,19-34,36,38-40H2,1-2H3,(H,49,52)(H,55,56,57)/b18-17-,37-35+/t41?,42-,43?,45?,46?,47?,48?/m1/s1. The summed E-state index contributed by atoms with van der Waals surface area (Å²) in [5.41, 5.74) is 0. The Bertz CT molecular complexity index is 1190. The number of hydrogen-bond acceptors (Lipinski definition) is 10. The maximum absolute atomic E-state index is 13.0. The maximum atomic E-state index is 13.0. The summed E-state index contributed by atoms with van der Waals surface area (Å²) in [6, 6.07) is -0.941. The van der Waals surface area contributed by atoms with E-state index in [0.717, 1.165) is 38.5 Å².